The van der Waals surface area contributed by atoms with Crippen LogP contribution in [0.5, 0.6) is 5.75 Å². The number of nitrogens with one attached hydrogen (secondary N) is 1. The molecule has 17 heavy (non-hydrogen) atoms. The summed E-state index contributed by atoms with van der Waals surface area (Å²) in [6, 6.07) is 3.91. The van der Waals surface area contributed by atoms with Gasteiger partial charge in [-0.2, -0.15) is 0 Å². The Balaban J connectivity index is 2.83. The molecule has 0 heterocycles. The van der Waals surface area contributed by atoms with Gasteiger partial charge in [-0.1, -0.05) is 17.7 Å². The quantitative estimate of drug-likeness (QED) is 0.914. The Morgan fingerprint density at radius 3 is 2.65 bits per heavy atom. The highest BCUT2D eigenvalue weighted by molar-refractivity contribution is 6.32. The molecular formula is C10H9ClF3NO2. The number of alkyl halides is 3. The van der Waals surface area contributed by atoms with E-state index in [1.165, 1.54) is 19.1 Å². The smallest absolute Gasteiger partial charge is 0.404 e. The van der Waals surface area contributed by atoms with Crippen molar-refractivity contribution in [2.75, 3.05) is 0 Å². The van der Waals surface area contributed by atoms with Gasteiger partial charge in [-0.15, -0.1) is 13.2 Å². The molecular weight excluding hydrogens is 259 g/mol. The SMILES string of the molecule is CC(=O)NCc1ccc(Cl)c(OC(F)(F)F)c1. The molecule has 0 aliphatic rings. The van der Waals surface area contributed by atoms with Crippen LogP contribution in [0.15, 0.2) is 18.2 Å². The third-order valence-electron chi connectivity index (χ3n) is 1.76. The molecule has 0 aliphatic heterocycles. The number of halogens is 4. The zero-order chi connectivity index (χ0) is 13.1. The predicted octanol–water partition coefficient (Wildman–Crippen LogP) is 2.87. The maximum atomic E-state index is 12.0. The highest BCUT2D eigenvalue weighted by Crippen LogP contribution is 2.30. The van der Waals surface area contributed by atoms with E-state index in [1.807, 2.05) is 0 Å². The molecule has 0 saturated carbocycles. The van der Waals surface area contributed by atoms with Crippen molar-refractivity contribution in [1.82, 2.24) is 5.32 Å². The lowest BCUT2D eigenvalue weighted by atomic mass is 10.2. The Bertz CT molecular complexity index is 421. The van der Waals surface area contributed by atoms with Crippen molar-refractivity contribution in [3.8, 4) is 5.75 Å². The van der Waals surface area contributed by atoms with E-state index in [4.69, 9.17) is 11.6 Å². The molecule has 7 heteroatoms. The Morgan fingerprint density at radius 2 is 2.12 bits per heavy atom. The minimum atomic E-state index is -4.80. The van der Waals surface area contributed by atoms with Crippen LogP contribution in [-0.4, -0.2) is 12.3 Å². The van der Waals surface area contributed by atoms with Crippen molar-refractivity contribution >= 4 is 17.5 Å². The largest absolute Gasteiger partial charge is 0.573 e. The second kappa shape index (κ2) is 5.27. The molecule has 0 saturated heterocycles. The van der Waals surface area contributed by atoms with Crippen molar-refractivity contribution in [2.24, 2.45) is 0 Å². The lowest BCUT2D eigenvalue weighted by Gasteiger charge is -2.11. The fourth-order valence-electron chi connectivity index (χ4n) is 1.09. The zero-order valence-electron chi connectivity index (χ0n) is 8.77. The number of hydrogen-bond donors (Lipinski definition) is 1. The summed E-state index contributed by atoms with van der Waals surface area (Å²) in [6.45, 7) is 1.42. The van der Waals surface area contributed by atoms with E-state index >= 15 is 0 Å². The molecule has 0 aliphatic carbocycles. The Morgan fingerprint density at radius 1 is 1.47 bits per heavy atom. The molecule has 0 radical (unpaired) electrons. The molecule has 0 fully saturated rings. The molecule has 0 aromatic heterocycles. The van der Waals surface area contributed by atoms with Gasteiger partial charge in [0.1, 0.15) is 5.75 Å². The summed E-state index contributed by atoms with van der Waals surface area (Å²) in [6.07, 6.45) is -4.80. The van der Waals surface area contributed by atoms with Gasteiger partial charge < -0.3 is 10.1 Å². The van der Waals surface area contributed by atoms with Gasteiger partial charge in [-0.25, -0.2) is 0 Å². The van der Waals surface area contributed by atoms with E-state index in [2.05, 4.69) is 10.1 Å². The van der Waals surface area contributed by atoms with Gasteiger partial charge in [0.05, 0.1) is 5.02 Å². The monoisotopic (exact) mass is 267 g/mol. The number of carbonyl (C=O) groups is 1. The maximum Gasteiger partial charge on any atom is 0.573 e. The van der Waals surface area contributed by atoms with Crippen LogP contribution in [0.25, 0.3) is 0 Å². The molecule has 0 unspecified atom stereocenters. The van der Waals surface area contributed by atoms with Crippen molar-refractivity contribution in [3.05, 3.63) is 28.8 Å². The zero-order valence-corrected chi connectivity index (χ0v) is 9.52. The van der Waals surface area contributed by atoms with Gasteiger partial charge in [0.25, 0.3) is 0 Å². The van der Waals surface area contributed by atoms with Crippen molar-refractivity contribution in [3.63, 3.8) is 0 Å². The number of benzene rings is 1. The first kappa shape index (κ1) is 13.6. The summed E-state index contributed by atoms with van der Waals surface area (Å²) in [7, 11) is 0. The van der Waals surface area contributed by atoms with Gasteiger partial charge in [0, 0.05) is 13.5 Å². The van der Waals surface area contributed by atoms with Gasteiger partial charge in [0.2, 0.25) is 5.91 Å². The Kier molecular flexibility index (Phi) is 4.22. The summed E-state index contributed by atoms with van der Waals surface area (Å²) in [5.74, 6) is -0.764. The lowest BCUT2D eigenvalue weighted by Crippen LogP contribution is -2.20. The highest BCUT2D eigenvalue weighted by Gasteiger charge is 2.32. The first-order valence-electron chi connectivity index (χ1n) is 4.56. The fraction of sp³-hybridized carbons (Fsp3) is 0.300. The van der Waals surface area contributed by atoms with Crippen LogP contribution >= 0.6 is 11.6 Å². The second-order valence-electron chi connectivity index (χ2n) is 3.22. The topological polar surface area (TPSA) is 38.3 Å². The normalized spacial score (nSPS) is 11.1. The average Bonchev–Trinajstić information content (AvgIpc) is 2.17. The van der Waals surface area contributed by atoms with Crippen LogP contribution < -0.4 is 10.1 Å². The minimum absolute atomic E-state index is 0.112. The molecule has 1 amide bonds. The summed E-state index contributed by atoms with van der Waals surface area (Å²) in [5.41, 5.74) is 0.462. The molecule has 1 rings (SSSR count). The summed E-state index contributed by atoms with van der Waals surface area (Å²) >= 11 is 5.55. The van der Waals surface area contributed by atoms with E-state index in [1.54, 1.807) is 0 Å². The van der Waals surface area contributed by atoms with Crippen LogP contribution in [0.4, 0.5) is 13.2 Å². The number of carbonyl (C=O) groups excluding carboxylic acids is 1. The molecule has 3 nitrogen and oxygen atoms in total. The van der Waals surface area contributed by atoms with E-state index in [9.17, 15) is 18.0 Å². The summed E-state index contributed by atoms with van der Waals surface area (Å²) in [5, 5.41) is 2.31. The summed E-state index contributed by atoms with van der Waals surface area (Å²) in [4.78, 5) is 10.6. The molecule has 1 aromatic rings. The van der Waals surface area contributed by atoms with Gasteiger partial charge in [-0.3, -0.25) is 4.79 Å². The predicted molar refractivity (Wildman–Crippen MR) is 55.7 cm³/mol. The minimum Gasteiger partial charge on any atom is -0.404 e. The molecule has 0 atom stereocenters. The Labute approximate surface area is 101 Å². The standard InChI is InChI=1S/C10H9ClF3NO2/c1-6(16)15-5-7-2-3-8(11)9(4-7)17-10(12,13)14/h2-4H,5H2,1H3,(H,15,16). The summed E-state index contributed by atoms with van der Waals surface area (Å²) < 4.78 is 39.8. The van der Waals surface area contributed by atoms with Gasteiger partial charge in [0.15, 0.2) is 0 Å². The van der Waals surface area contributed by atoms with Crippen LogP contribution in [0.1, 0.15) is 12.5 Å². The highest BCUT2D eigenvalue weighted by atomic mass is 35.5. The first-order chi connectivity index (χ1) is 7.78. The van der Waals surface area contributed by atoms with Crippen molar-refractivity contribution in [1.29, 1.82) is 0 Å². The van der Waals surface area contributed by atoms with Crippen LogP contribution in [0, 0.1) is 0 Å². The third-order valence-corrected chi connectivity index (χ3v) is 2.08. The Hall–Kier alpha value is -1.43. The van der Waals surface area contributed by atoms with E-state index in [0.717, 1.165) is 6.07 Å². The van der Waals surface area contributed by atoms with E-state index in [-0.39, 0.29) is 17.5 Å². The number of ether oxygens (including phenoxy) is 1. The van der Waals surface area contributed by atoms with Crippen LogP contribution in [0.3, 0.4) is 0 Å². The molecule has 94 valence electrons. The molecule has 0 spiro atoms. The number of hydrogen-bond acceptors (Lipinski definition) is 2. The fourth-order valence-corrected chi connectivity index (χ4v) is 1.24. The first-order valence-corrected chi connectivity index (χ1v) is 4.94. The molecule has 1 N–H and O–H groups in total. The van der Waals surface area contributed by atoms with Crippen molar-refractivity contribution < 1.29 is 22.7 Å². The van der Waals surface area contributed by atoms with Gasteiger partial charge >= 0.3 is 6.36 Å². The second-order valence-corrected chi connectivity index (χ2v) is 3.63. The van der Waals surface area contributed by atoms with Gasteiger partial charge in [-0.05, 0) is 17.7 Å². The van der Waals surface area contributed by atoms with Crippen LogP contribution in [-0.2, 0) is 11.3 Å². The van der Waals surface area contributed by atoms with Crippen LogP contribution in [0.2, 0.25) is 5.02 Å². The third kappa shape index (κ3) is 4.95. The molecule has 0 bridgehead atoms. The maximum absolute atomic E-state index is 12.0. The average molecular weight is 268 g/mol. The van der Waals surface area contributed by atoms with E-state index in [0.29, 0.717) is 5.56 Å². The van der Waals surface area contributed by atoms with E-state index < -0.39 is 12.1 Å². The van der Waals surface area contributed by atoms with Crippen molar-refractivity contribution in [2.45, 2.75) is 19.8 Å². The lowest BCUT2D eigenvalue weighted by molar-refractivity contribution is -0.274. The molecule has 1 aromatic carbocycles. The number of amides is 1. The number of rotatable bonds is 3.